The third-order valence-electron chi connectivity index (χ3n) is 9.25. The Balaban J connectivity index is 1.36. The fraction of sp³-hybridized carbons (Fsp3) is 0.294. The van der Waals surface area contributed by atoms with Gasteiger partial charge in [0.15, 0.2) is 11.5 Å². The number of nitrogens with two attached hydrogens (primary N) is 3. The summed E-state index contributed by atoms with van der Waals surface area (Å²) in [5.74, 6) is 6.48. The van der Waals surface area contributed by atoms with Crippen molar-refractivity contribution in [1.82, 2.24) is 0 Å². The first kappa shape index (κ1) is 28.3. The Morgan fingerprint density at radius 1 is 0.488 bits per heavy atom. The molecule has 4 bridgehead atoms. The van der Waals surface area contributed by atoms with Crippen molar-refractivity contribution in [2.75, 3.05) is 17.2 Å². The molecule has 9 heteroatoms. The molecule has 0 amide bonds. The first-order valence-corrected chi connectivity index (χ1v) is 15.7. The summed E-state index contributed by atoms with van der Waals surface area (Å²) in [4.78, 5) is 0. The number of rotatable bonds is 7. The van der Waals surface area contributed by atoms with Crippen molar-refractivity contribution in [2.45, 2.75) is 38.0 Å². The highest BCUT2D eigenvalue weighted by atomic mass is 35.5. The van der Waals surface area contributed by atoms with Gasteiger partial charge in [-0.15, -0.1) is 0 Å². The fourth-order valence-corrected chi connectivity index (χ4v) is 7.99. The largest absolute Gasteiger partial charge is 0.457 e. The van der Waals surface area contributed by atoms with Crippen molar-refractivity contribution >= 4 is 51.9 Å². The second kappa shape index (κ2) is 11.2. The normalized spacial score (nSPS) is 23.7. The number of nitrogen functional groups attached to an aromatic ring is 3. The Morgan fingerprint density at radius 2 is 0.884 bits per heavy atom. The van der Waals surface area contributed by atoms with Gasteiger partial charge in [-0.05, 0) is 104 Å². The Hall–Kier alpha value is -3.45. The molecule has 222 valence electrons. The summed E-state index contributed by atoms with van der Waals surface area (Å²) in [6.07, 6.45) is 6.36. The standard InChI is InChI=1S/C34H32Cl3N3O3/c35-25-4-1-21(12-28(25)38)41-31-16-33(43-23-3-6-27(37)30(40)14-23)32(42-22-2-5-26(36)29(39)13-22)15-24(31)34-19-8-17-7-18(10-19)11-20(34)9-17/h1-6,12-20,34H,7-11,38-40H2. The van der Waals surface area contributed by atoms with E-state index in [0.717, 1.165) is 17.4 Å². The molecule has 0 aliphatic heterocycles. The van der Waals surface area contributed by atoms with E-state index in [1.807, 2.05) is 12.1 Å². The topological polar surface area (TPSA) is 106 Å². The maximum absolute atomic E-state index is 6.61. The van der Waals surface area contributed by atoms with Gasteiger partial charge in [0.25, 0.3) is 0 Å². The summed E-state index contributed by atoms with van der Waals surface area (Å²) in [5, 5.41) is 1.38. The zero-order valence-electron chi connectivity index (χ0n) is 23.4. The molecule has 4 saturated carbocycles. The molecule has 0 aromatic heterocycles. The quantitative estimate of drug-likeness (QED) is 0.174. The maximum atomic E-state index is 6.61. The average molecular weight is 637 g/mol. The minimum absolute atomic E-state index is 0.338. The minimum Gasteiger partial charge on any atom is -0.457 e. The summed E-state index contributed by atoms with van der Waals surface area (Å²) in [6, 6.07) is 19.6. The zero-order valence-corrected chi connectivity index (χ0v) is 25.6. The zero-order chi connectivity index (χ0) is 29.8. The molecule has 6 nitrogen and oxygen atoms in total. The van der Waals surface area contributed by atoms with Gasteiger partial charge in [0.05, 0.1) is 32.1 Å². The van der Waals surface area contributed by atoms with Crippen LogP contribution in [0, 0.1) is 23.7 Å². The highest BCUT2D eigenvalue weighted by Gasteiger charge is 2.49. The third-order valence-corrected chi connectivity index (χ3v) is 10.3. The van der Waals surface area contributed by atoms with Gasteiger partial charge in [-0.2, -0.15) is 0 Å². The Bertz CT molecular complexity index is 1680. The van der Waals surface area contributed by atoms with Crippen molar-refractivity contribution in [3.8, 4) is 34.5 Å². The van der Waals surface area contributed by atoms with Crippen molar-refractivity contribution in [2.24, 2.45) is 23.7 Å². The lowest BCUT2D eigenvalue weighted by Gasteiger charge is -2.54. The van der Waals surface area contributed by atoms with Crippen LogP contribution in [0.1, 0.15) is 43.6 Å². The van der Waals surface area contributed by atoms with Gasteiger partial charge < -0.3 is 31.4 Å². The van der Waals surface area contributed by atoms with Crippen LogP contribution in [0.15, 0.2) is 66.7 Å². The van der Waals surface area contributed by atoms with Crippen LogP contribution in [0.3, 0.4) is 0 Å². The molecule has 0 spiro atoms. The van der Waals surface area contributed by atoms with Crippen LogP contribution < -0.4 is 31.4 Å². The van der Waals surface area contributed by atoms with Gasteiger partial charge in [0.2, 0.25) is 0 Å². The van der Waals surface area contributed by atoms with Gasteiger partial charge in [0, 0.05) is 29.8 Å². The van der Waals surface area contributed by atoms with Crippen LogP contribution in [0.2, 0.25) is 15.1 Å². The SMILES string of the molecule is Nc1cc(Oc2cc(Oc3ccc(Cl)c(N)c3)c(C3C4CC5CC(C4)CC3C5)cc2Oc2ccc(Cl)c(N)c2)ccc1Cl. The Kier molecular flexibility index (Phi) is 7.40. The van der Waals surface area contributed by atoms with Crippen molar-refractivity contribution in [3.63, 3.8) is 0 Å². The molecule has 8 rings (SSSR count). The highest BCUT2D eigenvalue weighted by Crippen LogP contribution is 2.62. The van der Waals surface area contributed by atoms with E-state index in [9.17, 15) is 0 Å². The van der Waals surface area contributed by atoms with Crippen molar-refractivity contribution < 1.29 is 14.2 Å². The molecular weight excluding hydrogens is 605 g/mol. The number of anilines is 3. The van der Waals surface area contributed by atoms with E-state index < -0.39 is 0 Å². The molecule has 0 heterocycles. The first-order valence-electron chi connectivity index (χ1n) is 14.6. The molecule has 0 atom stereocenters. The number of hydrogen-bond donors (Lipinski definition) is 3. The predicted molar refractivity (Wildman–Crippen MR) is 174 cm³/mol. The molecule has 4 fully saturated rings. The molecule has 0 radical (unpaired) electrons. The van der Waals surface area contributed by atoms with Crippen LogP contribution in [-0.2, 0) is 0 Å². The van der Waals surface area contributed by atoms with Gasteiger partial charge in [-0.1, -0.05) is 34.8 Å². The molecule has 43 heavy (non-hydrogen) atoms. The van der Waals surface area contributed by atoms with Crippen LogP contribution in [-0.4, -0.2) is 0 Å². The number of ether oxygens (including phenoxy) is 3. The Morgan fingerprint density at radius 3 is 1.30 bits per heavy atom. The van der Waals surface area contributed by atoms with Gasteiger partial charge >= 0.3 is 0 Å². The molecule has 4 aliphatic rings. The molecule has 4 aromatic rings. The lowest BCUT2D eigenvalue weighted by atomic mass is 9.50. The lowest BCUT2D eigenvalue weighted by Crippen LogP contribution is -2.43. The number of benzene rings is 4. The number of halogens is 3. The second-order valence-corrected chi connectivity index (χ2v) is 13.4. The van der Waals surface area contributed by atoms with Crippen LogP contribution in [0.25, 0.3) is 0 Å². The second-order valence-electron chi connectivity index (χ2n) is 12.1. The summed E-state index contributed by atoms with van der Waals surface area (Å²) >= 11 is 18.6. The Labute approximate surface area is 266 Å². The predicted octanol–water partition coefficient (Wildman–Crippen LogP) is 10.3. The monoisotopic (exact) mass is 635 g/mol. The van der Waals surface area contributed by atoms with Gasteiger partial charge in [-0.25, -0.2) is 0 Å². The van der Waals surface area contributed by atoms with Crippen LogP contribution in [0.4, 0.5) is 17.1 Å². The van der Waals surface area contributed by atoms with E-state index in [1.165, 1.54) is 32.1 Å². The molecular formula is C34H32Cl3N3O3. The van der Waals surface area contributed by atoms with Crippen molar-refractivity contribution in [1.29, 1.82) is 0 Å². The van der Waals surface area contributed by atoms with Gasteiger partial charge in [-0.3, -0.25) is 0 Å². The fourth-order valence-electron chi connectivity index (χ4n) is 7.64. The molecule has 6 N–H and O–H groups in total. The van der Waals surface area contributed by atoms with Crippen LogP contribution in [0.5, 0.6) is 34.5 Å². The van der Waals surface area contributed by atoms with E-state index in [1.54, 1.807) is 48.5 Å². The molecule has 0 saturated heterocycles. The minimum atomic E-state index is 0.338. The van der Waals surface area contributed by atoms with Crippen LogP contribution >= 0.6 is 34.8 Å². The van der Waals surface area contributed by atoms with E-state index >= 15 is 0 Å². The summed E-state index contributed by atoms with van der Waals surface area (Å²) in [5.41, 5.74) is 20.7. The smallest absolute Gasteiger partial charge is 0.173 e. The van der Waals surface area contributed by atoms with E-state index in [0.29, 0.717) is 84.4 Å². The molecule has 4 aliphatic carbocycles. The summed E-state index contributed by atoms with van der Waals surface area (Å²) < 4.78 is 19.5. The third kappa shape index (κ3) is 5.64. The maximum Gasteiger partial charge on any atom is 0.173 e. The lowest BCUT2D eigenvalue weighted by molar-refractivity contribution is -0.00341. The van der Waals surface area contributed by atoms with E-state index in [4.69, 9.17) is 66.2 Å². The molecule has 0 unspecified atom stereocenters. The van der Waals surface area contributed by atoms with E-state index in [2.05, 4.69) is 6.07 Å². The van der Waals surface area contributed by atoms with E-state index in [-0.39, 0.29) is 0 Å². The average Bonchev–Trinajstić information content (AvgIpc) is 2.96. The summed E-state index contributed by atoms with van der Waals surface area (Å²) in [6.45, 7) is 0. The molecule has 4 aromatic carbocycles. The number of hydrogen-bond acceptors (Lipinski definition) is 6. The van der Waals surface area contributed by atoms with Gasteiger partial charge in [0.1, 0.15) is 23.0 Å². The summed E-state index contributed by atoms with van der Waals surface area (Å²) in [7, 11) is 0. The van der Waals surface area contributed by atoms with Crippen molar-refractivity contribution in [3.05, 3.63) is 87.4 Å². The highest BCUT2D eigenvalue weighted by molar-refractivity contribution is 6.33. The first-order chi connectivity index (χ1) is 20.7.